The molecule has 1 amide bonds. The highest BCUT2D eigenvalue weighted by Crippen LogP contribution is 2.23. The van der Waals surface area contributed by atoms with E-state index in [2.05, 4.69) is 42.3 Å². The molecule has 1 atom stereocenters. The van der Waals surface area contributed by atoms with Gasteiger partial charge in [0.2, 0.25) is 5.91 Å². The van der Waals surface area contributed by atoms with Crippen LogP contribution in [0.15, 0.2) is 48.5 Å². The van der Waals surface area contributed by atoms with E-state index in [-0.39, 0.29) is 5.91 Å². The summed E-state index contributed by atoms with van der Waals surface area (Å²) in [5.74, 6) is -0.369. The average Bonchev–Trinajstić information content (AvgIpc) is 2.83. The Morgan fingerprint density at radius 3 is 2.61 bits per heavy atom. The molecule has 3 aromatic rings. The zero-order valence-electron chi connectivity index (χ0n) is 13.4. The van der Waals surface area contributed by atoms with E-state index >= 15 is 0 Å². The van der Waals surface area contributed by atoms with E-state index in [9.17, 15) is 4.79 Å². The third kappa shape index (κ3) is 3.12. The predicted octanol–water partition coefficient (Wildman–Crippen LogP) is 3.10. The van der Waals surface area contributed by atoms with Gasteiger partial charge in [0.05, 0.1) is 0 Å². The van der Waals surface area contributed by atoms with E-state index in [0.29, 0.717) is 6.54 Å². The van der Waals surface area contributed by atoms with Crippen LogP contribution in [0, 0.1) is 13.8 Å². The first-order valence-electron chi connectivity index (χ1n) is 7.71. The number of fused-ring (bicyclic) bond motifs is 1. The van der Waals surface area contributed by atoms with E-state index < -0.39 is 6.04 Å². The third-order valence-electron chi connectivity index (χ3n) is 4.30. The predicted molar refractivity (Wildman–Crippen MR) is 93.0 cm³/mol. The molecule has 0 radical (unpaired) electrons. The first-order chi connectivity index (χ1) is 11.1. The van der Waals surface area contributed by atoms with Crippen molar-refractivity contribution in [3.05, 3.63) is 70.9 Å². The minimum atomic E-state index is -0.485. The third-order valence-corrected chi connectivity index (χ3v) is 4.30. The molecule has 0 bridgehead atoms. The largest absolute Gasteiger partial charge is 0.368 e. The molecule has 4 heteroatoms. The molecular weight excluding hydrogens is 286 g/mol. The van der Waals surface area contributed by atoms with Crippen LogP contribution in [0.2, 0.25) is 0 Å². The number of H-pyrrole nitrogens is 1. The van der Waals surface area contributed by atoms with E-state index in [0.717, 1.165) is 16.6 Å². The van der Waals surface area contributed by atoms with Crippen LogP contribution in [-0.2, 0) is 11.3 Å². The molecule has 0 unspecified atom stereocenters. The normalized spacial score (nSPS) is 12.4. The topological polar surface area (TPSA) is 70.9 Å². The number of carbonyl (C=O) groups excluding carboxylic acids is 1. The van der Waals surface area contributed by atoms with Crippen molar-refractivity contribution in [2.45, 2.75) is 26.4 Å². The number of aryl methyl sites for hydroxylation is 2. The van der Waals surface area contributed by atoms with Gasteiger partial charge in [-0.15, -0.1) is 0 Å². The van der Waals surface area contributed by atoms with Gasteiger partial charge in [-0.25, -0.2) is 0 Å². The van der Waals surface area contributed by atoms with Gasteiger partial charge in [-0.2, -0.15) is 0 Å². The highest BCUT2D eigenvalue weighted by Gasteiger charge is 2.16. The number of hydrogen-bond acceptors (Lipinski definition) is 2. The molecule has 0 spiro atoms. The lowest BCUT2D eigenvalue weighted by Gasteiger charge is -2.16. The number of nitrogens with two attached hydrogens (primary N) is 1. The minimum Gasteiger partial charge on any atom is -0.368 e. The van der Waals surface area contributed by atoms with Crippen LogP contribution in [-0.4, -0.2) is 10.9 Å². The Morgan fingerprint density at radius 1 is 1.17 bits per heavy atom. The Morgan fingerprint density at radius 2 is 1.91 bits per heavy atom. The summed E-state index contributed by atoms with van der Waals surface area (Å²) >= 11 is 0. The van der Waals surface area contributed by atoms with Crippen LogP contribution >= 0.6 is 0 Å². The lowest BCUT2D eigenvalue weighted by Crippen LogP contribution is -2.33. The lowest BCUT2D eigenvalue weighted by molar-refractivity contribution is -0.120. The zero-order valence-corrected chi connectivity index (χ0v) is 13.4. The summed E-state index contributed by atoms with van der Waals surface area (Å²) in [6.45, 7) is 4.77. The summed E-state index contributed by atoms with van der Waals surface area (Å²) in [6.07, 6.45) is 0. The van der Waals surface area contributed by atoms with E-state index in [1.807, 2.05) is 30.3 Å². The van der Waals surface area contributed by atoms with Gasteiger partial charge in [0.25, 0.3) is 0 Å². The fourth-order valence-corrected chi connectivity index (χ4v) is 2.87. The number of amides is 1. The summed E-state index contributed by atoms with van der Waals surface area (Å²) in [4.78, 5) is 15.1. The molecule has 2 aromatic carbocycles. The summed E-state index contributed by atoms with van der Waals surface area (Å²) in [7, 11) is 0. The highest BCUT2D eigenvalue weighted by molar-refractivity contribution is 5.85. The quantitative estimate of drug-likeness (QED) is 0.678. The van der Waals surface area contributed by atoms with Crippen molar-refractivity contribution in [1.29, 1.82) is 0 Å². The fraction of sp³-hybridized carbons (Fsp3) is 0.211. The maximum Gasteiger partial charge on any atom is 0.239 e. The molecule has 23 heavy (non-hydrogen) atoms. The molecular formula is C19H21N3O. The Bertz CT molecular complexity index is 836. The second-order valence-corrected chi connectivity index (χ2v) is 5.88. The smallest absolute Gasteiger partial charge is 0.239 e. The second kappa shape index (κ2) is 6.26. The average molecular weight is 307 g/mol. The van der Waals surface area contributed by atoms with Gasteiger partial charge >= 0.3 is 0 Å². The number of hydrogen-bond donors (Lipinski definition) is 3. The van der Waals surface area contributed by atoms with Gasteiger partial charge < -0.3 is 10.7 Å². The van der Waals surface area contributed by atoms with E-state index in [4.69, 9.17) is 5.73 Å². The van der Waals surface area contributed by atoms with Gasteiger partial charge in [0, 0.05) is 23.1 Å². The lowest BCUT2D eigenvalue weighted by atomic mass is 10.1. The van der Waals surface area contributed by atoms with Crippen molar-refractivity contribution in [2.75, 3.05) is 0 Å². The molecule has 3 rings (SSSR count). The molecule has 4 nitrogen and oxygen atoms in total. The van der Waals surface area contributed by atoms with Crippen molar-refractivity contribution in [3.8, 4) is 0 Å². The second-order valence-electron chi connectivity index (χ2n) is 5.88. The number of rotatable bonds is 5. The maximum absolute atomic E-state index is 11.7. The first-order valence-corrected chi connectivity index (χ1v) is 7.71. The zero-order chi connectivity index (χ0) is 16.4. The summed E-state index contributed by atoms with van der Waals surface area (Å²) in [6, 6.07) is 15.4. The van der Waals surface area contributed by atoms with Crippen LogP contribution in [0.3, 0.4) is 0 Å². The van der Waals surface area contributed by atoms with Crippen LogP contribution < -0.4 is 11.1 Å². The molecule has 0 fully saturated rings. The molecule has 118 valence electrons. The minimum absolute atomic E-state index is 0.369. The summed E-state index contributed by atoms with van der Waals surface area (Å²) in [5.41, 5.74) is 11.1. The first kappa shape index (κ1) is 15.3. The molecule has 1 heterocycles. The number of aromatic nitrogens is 1. The van der Waals surface area contributed by atoms with Crippen molar-refractivity contribution >= 4 is 16.8 Å². The summed E-state index contributed by atoms with van der Waals surface area (Å²) < 4.78 is 0. The number of primary amides is 1. The standard InChI is InChI=1S/C19H21N3O/c1-12-13(2)22-17-9-8-14(10-16(12)17)11-21-18(19(20)23)15-6-4-3-5-7-15/h3-10,18,21-22H,11H2,1-2H3,(H2,20,23)/t18-/m1/s1. The molecule has 0 saturated heterocycles. The van der Waals surface area contributed by atoms with Gasteiger partial charge in [0.1, 0.15) is 6.04 Å². The molecule has 0 aliphatic carbocycles. The number of benzene rings is 2. The molecule has 0 aliphatic rings. The van der Waals surface area contributed by atoms with E-state index in [1.54, 1.807) is 0 Å². The van der Waals surface area contributed by atoms with Crippen LogP contribution in [0.25, 0.3) is 10.9 Å². The summed E-state index contributed by atoms with van der Waals surface area (Å²) in [5, 5.41) is 4.48. The van der Waals surface area contributed by atoms with Gasteiger partial charge in [-0.3, -0.25) is 10.1 Å². The van der Waals surface area contributed by atoms with Crippen molar-refractivity contribution in [2.24, 2.45) is 5.73 Å². The van der Waals surface area contributed by atoms with Gasteiger partial charge in [-0.1, -0.05) is 36.4 Å². The van der Waals surface area contributed by atoms with Crippen molar-refractivity contribution in [3.63, 3.8) is 0 Å². The number of nitrogens with one attached hydrogen (secondary N) is 2. The monoisotopic (exact) mass is 307 g/mol. The molecule has 0 aliphatic heterocycles. The molecule has 1 aromatic heterocycles. The number of carbonyl (C=O) groups is 1. The maximum atomic E-state index is 11.7. The Balaban J connectivity index is 1.81. The van der Waals surface area contributed by atoms with E-state index in [1.165, 1.54) is 16.6 Å². The van der Waals surface area contributed by atoms with Crippen molar-refractivity contribution in [1.82, 2.24) is 10.3 Å². The van der Waals surface area contributed by atoms with Crippen LogP contribution in [0.1, 0.15) is 28.4 Å². The number of aromatic amines is 1. The van der Waals surface area contributed by atoms with Gasteiger partial charge in [0.15, 0.2) is 0 Å². The Labute approximate surface area is 135 Å². The highest BCUT2D eigenvalue weighted by atomic mass is 16.1. The van der Waals surface area contributed by atoms with Gasteiger partial charge in [-0.05, 0) is 42.7 Å². The molecule has 0 saturated carbocycles. The SMILES string of the molecule is Cc1[nH]c2ccc(CN[C@@H](C(N)=O)c3ccccc3)cc2c1C. The van der Waals surface area contributed by atoms with Crippen LogP contribution in [0.4, 0.5) is 0 Å². The Kier molecular flexibility index (Phi) is 4.17. The van der Waals surface area contributed by atoms with Crippen LogP contribution in [0.5, 0.6) is 0 Å². The molecule has 4 N–H and O–H groups in total. The fourth-order valence-electron chi connectivity index (χ4n) is 2.87. The van der Waals surface area contributed by atoms with Crippen molar-refractivity contribution < 1.29 is 4.79 Å². The Hall–Kier alpha value is -2.59.